The predicted molar refractivity (Wildman–Crippen MR) is 112 cm³/mol. The maximum Gasteiger partial charge on any atom is 0.416 e. The van der Waals surface area contributed by atoms with Crippen molar-refractivity contribution in [3.8, 4) is 5.75 Å². The lowest BCUT2D eigenvalue weighted by molar-refractivity contribution is -0.140. The van der Waals surface area contributed by atoms with Crippen molar-refractivity contribution in [1.29, 1.82) is 0 Å². The van der Waals surface area contributed by atoms with Crippen LogP contribution in [0.1, 0.15) is 53.9 Å². The molecule has 0 heterocycles. The lowest BCUT2D eigenvalue weighted by Crippen LogP contribution is -2.28. The molecule has 3 rings (SSSR count). The standard InChI is InChI=1S/C24H27F4NO3/c1-32-22-14-19(25)7-4-16(22)10-11-29-20-8-5-17(12-20)18-3-2-15(6-9-23(30)31)21(13-18)24(26,27)28/h2-4,7,13-14,17,20,29H,5-6,8-12H2,1H3,(H,30,31)/t17-,20+/m0/s1. The molecule has 4 nitrogen and oxygen atoms in total. The molecule has 32 heavy (non-hydrogen) atoms. The van der Waals surface area contributed by atoms with E-state index >= 15 is 0 Å². The van der Waals surface area contributed by atoms with Crippen molar-refractivity contribution in [2.75, 3.05) is 13.7 Å². The minimum absolute atomic E-state index is 0.0162. The average molecular weight is 453 g/mol. The Hall–Kier alpha value is -2.61. The molecular weight excluding hydrogens is 426 g/mol. The molecular formula is C24H27F4NO3. The second-order valence-electron chi connectivity index (χ2n) is 8.18. The molecule has 2 N–H and O–H groups in total. The van der Waals surface area contributed by atoms with Crippen LogP contribution >= 0.6 is 0 Å². The lowest BCUT2D eigenvalue weighted by atomic mass is 9.92. The van der Waals surface area contributed by atoms with Crippen LogP contribution in [-0.4, -0.2) is 30.8 Å². The first-order valence-electron chi connectivity index (χ1n) is 10.6. The summed E-state index contributed by atoms with van der Waals surface area (Å²) < 4.78 is 59.1. The van der Waals surface area contributed by atoms with E-state index in [-0.39, 0.29) is 36.2 Å². The molecule has 1 saturated carbocycles. The quantitative estimate of drug-likeness (QED) is 0.504. The van der Waals surface area contributed by atoms with Crippen molar-refractivity contribution in [1.82, 2.24) is 5.32 Å². The molecule has 1 fully saturated rings. The highest BCUT2D eigenvalue weighted by Crippen LogP contribution is 2.39. The number of rotatable bonds is 9. The van der Waals surface area contributed by atoms with Crippen LogP contribution in [0, 0.1) is 5.82 Å². The molecule has 0 radical (unpaired) electrons. The molecule has 0 aromatic heterocycles. The number of aryl methyl sites for hydroxylation is 1. The third-order valence-corrected chi connectivity index (χ3v) is 6.03. The van der Waals surface area contributed by atoms with Crippen LogP contribution in [-0.2, 0) is 23.8 Å². The van der Waals surface area contributed by atoms with E-state index in [1.165, 1.54) is 31.4 Å². The number of hydrogen-bond donors (Lipinski definition) is 2. The van der Waals surface area contributed by atoms with Gasteiger partial charge in [-0.2, -0.15) is 13.2 Å². The molecule has 174 valence electrons. The zero-order valence-electron chi connectivity index (χ0n) is 17.8. The van der Waals surface area contributed by atoms with Gasteiger partial charge in [0.15, 0.2) is 0 Å². The van der Waals surface area contributed by atoms with E-state index in [0.717, 1.165) is 24.8 Å². The van der Waals surface area contributed by atoms with E-state index in [2.05, 4.69) is 5.32 Å². The van der Waals surface area contributed by atoms with Crippen LogP contribution in [0.3, 0.4) is 0 Å². The number of carboxylic acids is 1. The Morgan fingerprint density at radius 2 is 1.88 bits per heavy atom. The Morgan fingerprint density at radius 3 is 2.56 bits per heavy atom. The van der Waals surface area contributed by atoms with Crippen molar-refractivity contribution < 1.29 is 32.2 Å². The van der Waals surface area contributed by atoms with Gasteiger partial charge in [-0.05, 0) is 73.4 Å². The van der Waals surface area contributed by atoms with Crippen LogP contribution < -0.4 is 10.1 Å². The number of hydrogen-bond acceptors (Lipinski definition) is 3. The van der Waals surface area contributed by atoms with Gasteiger partial charge >= 0.3 is 12.1 Å². The van der Waals surface area contributed by atoms with Crippen molar-refractivity contribution in [3.05, 3.63) is 64.5 Å². The number of methoxy groups -OCH3 is 1. The highest BCUT2D eigenvalue weighted by Gasteiger charge is 2.35. The van der Waals surface area contributed by atoms with Gasteiger partial charge in [-0.1, -0.05) is 18.2 Å². The van der Waals surface area contributed by atoms with Crippen molar-refractivity contribution in [2.45, 2.75) is 56.7 Å². The zero-order chi connectivity index (χ0) is 23.3. The SMILES string of the molecule is COc1cc(F)ccc1CCN[C@@H]1CC[C@H](c2ccc(CCC(=O)O)c(C(F)(F)F)c2)C1. The molecule has 0 saturated heterocycles. The van der Waals surface area contributed by atoms with Gasteiger partial charge in [0.2, 0.25) is 0 Å². The van der Waals surface area contributed by atoms with Crippen LogP contribution in [0.15, 0.2) is 36.4 Å². The second-order valence-corrected chi connectivity index (χ2v) is 8.18. The smallest absolute Gasteiger partial charge is 0.416 e. The summed E-state index contributed by atoms with van der Waals surface area (Å²) >= 11 is 0. The summed E-state index contributed by atoms with van der Waals surface area (Å²) in [5.41, 5.74) is 0.809. The van der Waals surface area contributed by atoms with Crippen molar-refractivity contribution >= 4 is 5.97 Å². The minimum Gasteiger partial charge on any atom is -0.496 e. The van der Waals surface area contributed by atoms with E-state index in [1.807, 2.05) is 0 Å². The molecule has 2 aromatic carbocycles. The van der Waals surface area contributed by atoms with E-state index in [0.29, 0.717) is 24.3 Å². The summed E-state index contributed by atoms with van der Waals surface area (Å²) in [5, 5.41) is 12.2. The lowest BCUT2D eigenvalue weighted by Gasteiger charge is -2.18. The Labute approximate surface area is 184 Å². The fraction of sp³-hybridized carbons (Fsp3) is 0.458. The van der Waals surface area contributed by atoms with E-state index in [9.17, 15) is 22.4 Å². The molecule has 0 aliphatic heterocycles. The number of aliphatic carboxylic acids is 1. The Bertz CT molecular complexity index is 945. The summed E-state index contributed by atoms with van der Waals surface area (Å²) in [5.74, 6) is -0.962. The highest BCUT2D eigenvalue weighted by molar-refractivity contribution is 5.67. The topological polar surface area (TPSA) is 58.6 Å². The molecule has 0 amide bonds. The van der Waals surface area contributed by atoms with Gasteiger partial charge < -0.3 is 15.2 Å². The Kier molecular flexibility index (Phi) is 7.77. The largest absolute Gasteiger partial charge is 0.496 e. The maximum atomic E-state index is 13.5. The van der Waals surface area contributed by atoms with Crippen molar-refractivity contribution in [3.63, 3.8) is 0 Å². The van der Waals surface area contributed by atoms with Gasteiger partial charge in [0.1, 0.15) is 11.6 Å². The predicted octanol–water partition coefficient (Wildman–Crippen LogP) is 5.34. The summed E-state index contributed by atoms with van der Waals surface area (Å²) in [6, 6.07) is 8.92. The second kappa shape index (κ2) is 10.3. The molecule has 1 aliphatic rings. The fourth-order valence-corrected chi connectivity index (χ4v) is 4.38. The Morgan fingerprint density at radius 1 is 1.12 bits per heavy atom. The van der Waals surface area contributed by atoms with E-state index < -0.39 is 17.7 Å². The first-order valence-corrected chi connectivity index (χ1v) is 10.6. The number of halogens is 4. The summed E-state index contributed by atoms with van der Waals surface area (Å²) in [4.78, 5) is 10.8. The molecule has 2 aromatic rings. The van der Waals surface area contributed by atoms with Crippen molar-refractivity contribution in [2.24, 2.45) is 0 Å². The van der Waals surface area contributed by atoms with Gasteiger partial charge in [-0.3, -0.25) is 4.79 Å². The highest BCUT2D eigenvalue weighted by atomic mass is 19.4. The van der Waals surface area contributed by atoms with Crippen LogP contribution in [0.5, 0.6) is 5.75 Å². The van der Waals surface area contributed by atoms with Gasteiger partial charge in [-0.15, -0.1) is 0 Å². The molecule has 0 spiro atoms. The number of alkyl halides is 3. The monoisotopic (exact) mass is 453 g/mol. The van der Waals surface area contributed by atoms with E-state index in [4.69, 9.17) is 9.84 Å². The number of benzene rings is 2. The molecule has 8 heteroatoms. The third-order valence-electron chi connectivity index (χ3n) is 6.03. The Balaban J connectivity index is 1.60. The van der Waals surface area contributed by atoms with Gasteiger partial charge in [0.25, 0.3) is 0 Å². The zero-order valence-corrected chi connectivity index (χ0v) is 17.8. The van der Waals surface area contributed by atoms with Gasteiger partial charge in [-0.25, -0.2) is 4.39 Å². The minimum atomic E-state index is -4.52. The maximum absolute atomic E-state index is 13.5. The normalized spacial score (nSPS) is 18.7. The molecule has 1 aliphatic carbocycles. The number of carboxylic acid groups (broad SMARTS) is 1. The fourth-order valence-electron chi connectivity index (χ4n) is 4.38. The van der Waals surface area contributed by atoms with Crippen LogP contribution in [0.2, 0.25) is 0 Å². The third kappa shape index (κ3) is 6.22. The van der Waals surface area contributed by atoms with Gasteiger partial charge in [0.05, 0.1) is 12.7 Å². The number of carbonyl (C=O) groups is 1. The first-order chi connectivity index (χ1) is 15.2. The number of ether oxygens (including phenoxy) is 1. The molecule has 2 atom stereocenters. The summed E-state index contributed by atoms with van der Waals surface area (Å²) in [7, 11) is 1.50. The summed E-state index contributed by atoms with van der Waals surface area (Å²) in [6.45, 7) is 0.654. The van der Waals surface area contributed by atoms with Crippen LogP contribution in [0.25, 0.3) is 0 Å². The van der Waals surface area contributed by atoms with Crippen LogP contribution in [0.4, 0.5) is 17.6 Å². The average Bonchev–Trinajstić information content (AvgIpc) is 3.21. The first kappa shape index (κ1) is 24.0. The summed E-state index contributed by atoms with van der Waals surface area (Å²) in [6.07, 6.45) is -1.98. The molecule has 0 bridgehead atoms. The molecule has 0 unspecified atom stereocenters. The van der Waals surface area contributed by atoms with Gasteiger partial charge in [0, 0.05) is 18.5 Å². The number of nitrogens with one attached hydrogen (secondary N) is 1. The van der Waals surface area contributed by atoms with E-state index in [1.54, 1.807) is 12.1 Å².